The summed E-state index contributed by atoms with van der Waals surface area (Å²) >= 11 is 1.12. The average Bonchev–Trinajstić information content (AvgIpc) is 3.24. The third-order valence-electron chi connectivity index (χ3n) is 4.82. The van der Waals surface area contributed by atoms with Crippen LogP contribution in [0.1, 0.15) is 28.7 Å². The van der Waals surface area contributed by atoms with Gasteiger partial charge in [0.1, 0.15) is 10.7 Å². The van der Waals surface area contributed by atoms with Gasteiger partial charge >= 0.3 is 0 Å². The predicted molar refractivity (Wildman–Crippen MR) is 106 cm³/mol. The largest absolute Gasteiger partial charge is 0.361 e. The lowest BCUT2D eigenvalue weighted by atomic mass is 10.1. The van der Waals surface area contributed by atoms with Crippen LogP contribution in [0.4, 0.5) is 19.5 Å². The van der Waals surface area contributed by atoms with Gasteiger partial charge in [-0.1, -0.05) is 6.92 Å². The van der Waals surface area contributed by atoms with Crippen molar-refractivity contribution in [3.63, 3.8) is 0 Å². The van der Waals surface area contributed by atoms with Crippen molar-refractivity contribution in [2.24, 2.45) is 0 Å². The molecule has 0 spiro atoms. The summed E-state index contributed by atoms with van der Waals surface area (Å²) in [6.07, 6.45) is 4.21. The second-order valence-corrected chi connectivity index (χ2v) is 7.94. The number of aromatic nitrogens is 2. The van der Waals surface area contributed by atoms with Gasteiger partial charge in [-0.2, -0.15) is 0 Å². The molecule has 1 saturated heterocycles. The summed E-state index contributed by atoms with van der Waals surface area (Å²) in [6, 6.07) is 2.94. The number of piperazine rings is 1. The summed E-state index contributed by atoms with van der Waals surface area (Å²) in [7, 11) is 0. The first-order valence-corrected chi connectivity index (χ1v) is 10.00. The molecule has 0 radical (unpaired) electrons. The highest BCUT2D eigenvalue weighted by Gasteiger charge is 2.24. The van der Waals surface area contributed by atoms with Gasteiger partial charge in [0.15, 0.2) is 11.5 Å². The maximum atomic E-state index is 14.5. The number of nitrogens with zero attached hydrogens (tertiary/aromatic N) is 3. The Morgan fingerprint density at radius 1 is 1.36 bits per heavy atom. The molecule has 0 aromatic carbocycles. The van der Waals surface area contributed by atoms with E-state index in [1.165, 1.54) is 16.5 Å². The maximum Gasteiger partial charge on any atom is 0.268 e. The summed E-state index contributed by atoms with van der Waals surface area (Å²) in [6.45, 7) is 6.22. The van der Waals surface area contributed by atoms with Crippen molar-refractivity contribution in [2.75, 3.05) is 29.9 Å². The predicted octanol–water partition coefficient (Wildman–Crippen LogP) is 3.42. The molecule has 1 atom stereocenters. The van der Waals surface area contributed by atoms with E-state index in [9.17, 15) is 13.6 Å². The van der Waals surface area contributed by atoms with Crippen LogP contribution in [0.5, 0.6) is 0 Å². The van der Waals surface area contributed by atoms with Gasteiger partial charge in [-0.3, -0.25) is 4.79 Å². The summed E-state index contributed by atoms with van der Waals surface area (Å²) in [5, 5.41) is 6.73. The molecule has 28 heavy (non-hydrogen) atoms. The third kappa shape index (κ3) is 3.59. The number of carbonyl (C=O) groups is 1. The van der Waals surface area contributed by atoms with Crippen LogP contribution in [0.25, 0.3) is 5.65 Å². The molecule has 1 unspecified atom stereocenters. The molecule has 3 aromatic rings. The summed E-state index contributed by atoms with van der Waals surface area (Å²) < 4.78 is 30.1. The third-order valence-corrected chi connectivity index (χ3v) is 5.99. The highest BCUT2D eigenvalue weighted by atomic mass is 32.1. The molecule has 3 aromatic heterocycles. The van der Waals surface area contributed by atoms with Crippen LogP contribution < -0.4 is 15.5 Å². The Bertz CT molecular complexity index is 1030. The summed E-state index contributed by atoms with van der Waals surface area (Å²) in [5.74, 6) is -1.71. The second-order valence-electron chi connectivity index (χ2n) is 6.91. The fraction of sp³-hybridized carbons (Fsp3) is 0.368. The number of carbonyl (C=O) groups excluding carboxylic acids is 1. The van der Waals surface area contributed by atoms with E-state index in [1.807, 2.05) is 0 Å². The van der Waals surface area contributed by atoms with Crippen molar-refractivity contribution >= 4 is 33.6 Å². The Morgan fingerprint density at radius 2 is 2.18 bits per heavy atom. The number of amides is 1. The zero-order chi connectivity index (χ0) is 19.8. The molecule has 0 saturated carbocycles. The average molecular weight is 405 g/mol. The SMILES string of the molecule is CCC1CN(c2cc(F)c(C(=O)Nc3cc(F)c4nc(C)cn4c3)s2)CCN1. The van der Waals surface area contributed by atoms with E-state index in [2.05, 4.69) is 27.4 Å². The number of pyridine rings is 1. The Labute approximate surface area is 165 Å². The minimum atomic E-state index is -0.591. The molecule has 4 heterocycles. The topological polar surface area (TPSA) is 61.7 Å². The molecule has 0 aliphatic carbocycles. The van der Waals surface area contributed by atoms with Crippen LogP contribution in [0.15, 0.2) is 24.5 Å². The molecule has 1 aliphatic rings. The van der Waals surface area contributed by atoms with E-state index < -0.39 is 17.5 Å². The van der Waals surface area contributed by atoms with Crippen LogP contribution >= 0.6 is 11.3 Å². The van der Waals surface area contributed by atoms with Gasteiger partial charge in [0.05, 0.1) is 16.4 Å². The van der Waals surface area contributed by atoms with Gasteiger partial charge in [0, 0.05) is 50.2 Å². The second kappa shape index (κ2) is 7.48. The Hall–Kier alpha value is -2.52. The van der Waals surface area contributed by atoms with Crippen LogP contribution in [-0.2, 0) is 0 Å². The number of halogens is 2. The van der Waals surface area contributed by atoms with E-state index in [1.54, 1.807) is 19.3 Å². The van der Waals surface area contributed by atoms with Gasteiger partial charge in [-0.25, -0.2) is 13.8 Å². The normalized spacial score (nSPS) is 17.3. The maximum absolute atomic E-state index is 14.5. The highest BCUT2D eigenvalue weighted by Crippen LogP contribution is 2.31. The first-order valence-electron chi connectivity index (χ1n) is 9.18. The lowest BCUT2D eigenvalue weighted by molar-refractivity contribution is 0.102. The first-order chi connectivity index (χ1) is 13.4. The number of hydrogen-bond acceptors (Lipinski definition) is 5. The molecule has 1 fully saturated rings. The van der Waals surface area contributed by atoms with Gasteiger partial charge < -0.3 is 19.9 Å². The Balaban J connectivity index is 1.55. The van der Waals surface area contributed by atoms with Crippen LogP contribution in [0.3, 0.4) is 0 Å². The minimum absolute atomic E-state index is 0.0103. The van der Waals surface area contributed by atoms with Crippen LogP contribution in [-0.4, -0.2) is 41.0 Å². The quantitative estimate of drug-likeness (QED) is 0.698. The van der Waals surface area contributed by atoms with Crippen LogP contribution in [0.2, 0.25) is 0 Å². The first kappa shape index (κ1) is 18.8. The number of aryl methyl sites for hydroxylation is 1. The molecule has 1 aliphatic heterocycles. The number of hydrogen-bond donors (Lipinski definition) is 2. The van der Waals surface area contributed by atoms with Gasteiger partial charge in [-0.15, -0.1) is 11.3 Å². The molecular formula is C19H21F2N5OS. The van der Waals surface area contributed by atoms with E-state index in [0.717, 1.165) is 42.4 Å². The van der Waals surface area contributed by atoms with Gasteiger partial charge in [-0.05, 0) is 13.3 Å². The molecule has 9 heteroatoms. The number of nitrogens with one attached hydrogen (secondary N) is 2. The summed E-state index contributed by atoms with van der Waals surface area (Å²) in [4.78, 5) is 18.7. The fourth-order valence-electron chi connectivity index (χ4n) is 3.40. The van der Waals surface area contributed by atoms with Gasteiger partial charge in [0.25, 0.3) is 5.91 Å². The molecule has 1 amide bonds. The molecule has 6 nitrogen and oxygen atoms in total. The number of thiophene rings is 1. The molecule has 2 N–H and O–H groups in total. The highest BCUT2D eigenvalue weighted by molar-refractivity contribution is 7.18. The van der Waals surface area contributed by atoms with Crippen molar-refractivity contribution in [2.45, 2.75) is 26.3 Å². The standard InChI is InChI=1S/C19H21F2N5OS/c1-3-12-9-25(5-4-22-12)16-7-14(20)17(28-16)19(27)24-13-6-15(21)18-23-11(2)8-26(18)10-13/h6-8,10,12,22H,3-5,9H2,1-2H3,(H,24,27). The Kier molecular flexibility index (Phi) is 5.03. The number of imidazole rings is 1. The number of fused-ring (bicyclic) bond motifs is 1. The lowest BCUT2D eigenvalue weighted by Gasteiger charge is -2.33. The van der Waals surface area contributed by atoms with Gasteiger partial charge in [0.2, 0.25) is 0 Å². The zero-order valence-corrected chi connectivity index (χ0v) is 16.4. The van der Waals surface area contributed by atoms with Crippen molar-refractivity contribution in [1.29, 1.82) is 0 Å². The molecule has 4 rings (SSSR count). The molecule has 148 valence electrons. The van der Waals surface area contributed by atoms with Crippen molar-refractivity contribution in [3.05, 3.63) is 46.7 Å². The van der Waals surface area contributed by atoms with E-state index in [0.29, 0.717) is 11.7 Å². The number of rotatable bonds is 4. The fourth-order valence-corrected chi connectivity index (χ4v) is 4.37. The van der Waals surface area contributed by atoms with E-state index >= 15 is 0 Å². The van der Waals surface area contributed by atoms with E-state index in [4.69, 9.17) is 0 Å². The Morgan fingerprint density at radius 3 is 2.96 bits per heavy atom. The van der Waals surface area contributed by atoms with E-state index in [-0.39, 0.29) is 16.2 Å². The summed E-state index contributed by atoms with van der Waals surface area (Å²) in [5.41, 5.74) is 1.09. The number of anilines is 2. The lowest BCUT2D eigenvalue weighted by Crippen LogP contribution is -2.50. The smallest absolute Gasteiger partial charge is 0.268 e. The molecular weight excluding hydrogens is 384 g/mol. The van der Waals surface area contributed by atoms with Crippen molar-refractivity contribution in [3.8, 4) is 0 Å². The van der Waals surface area contributed by atoms with Crippen LogP contribution in [0, 0.1) is 18.6 Å². The molecule has 0 bridgehead atoms. The minimum Gasteiger partial charge on any atom is -0.361 e. The van der Waals surface area contributed by atoms with Crippen molar-refractivity contribution < 1.29 is 13.6 Å². The van der Waals surface area contributed by atoms with Crippen molar-refractivity contribution in [1.82, 2.24) is 14.7 Å². The monoisotopic (exact) mass is 405 g/mol. The zero-order valence-electron chi connectivity index (χ0n) is 15.6.